The van der Waals surface area contributed by atoms with Gasteiger partial charge < -0.3 is 9.84 Å². The predicted octanol–water partition coefficient (Wildman–Crippen LogP) is 2.75. The van der Waals surface area contributed by atoms with E-state index in [2.05, 4.69) is 4.98 Å². The molecule has 3 nitrogen and oxygen atoms in total. The van der Waals surface area contributed by atoms with E-state index in [1.54, 1.807) is 6.92 Å². The topological polar surface area (TPSA) is 42.4 Å². The van der Waals surface area contributed by atoms with E-state index >= 15 is 0 Å². The second-order valence-corrected chi connectivity index (χ2v) is 4.35. The van der Waals surface area contributed by atoms with Crippen molar-refractivity contribution in [1.29, 1.82) is 0 Å². The van der Waals surface area contributed by atoms with Gasteiger partial charge in [-0.1, -0.05) is 0 Å². The number of aliphatic hydroxyl groups excluding tert-OH is 1. The molecule has 0 fully saturated rings. The molecule has 1 aromatic carbocycles. The Morgan fingerprint density at radius 1 is 1.53 bits per heavy atom. The minimum atomic E-state index is -0.502. The first-order valence-electron chi connectivity index (χ1n) is 4.92. The molecule has 0 amide bonds. The fourth-order valence-electron chi connectivity index (χ4n) is 1.36. The molecule has 1 aromatic heterocycles. The summed E-state index contributed by atoms with van der Waals surface area (Å²) in [5, 5.41) is 10.2. The van der Waals surface area contributed by atoms with Crippen molar-refractivity contribution in [3.8, 4) is 5.75 Å². The molecule has 2 aromatic rings. The third kappa shape index (κ3) is 2.11. The predicted molar refractivity (Wildman–Crippen MR) is 61.4 cm³/mol. The maximum absolute atomic E-state index is 9.41. The molecule has 1 heterocycles. The van der Waals surface area contributed by atoms with Gasteiger partial charge in [-0.3, -0.25) is 0 Å². The first-order valence-corrected chi connectivity index (χ1v) is 5.73. The van der Waals surface area contributed by atoms with Crippen LogP contribution in [-0.2, 0) is 0 Å². The maximum Gasteiger partial charge on any atom is 0.122 e. The van der Waals surface area contributed by atoms with E-state index in [0.29, 0.717) is 6.61 Å². The lowest BCUT2D eigenvalue weighted by atomic mass is 10.3. The van der Waals surface area contributed by atoms with E-state index in [9.17, 15) is 5.11 Å². The zero-order valence-corrected chi connectivity index (χ0v) is 9.54. The normalized spacial score (nSPS) is 13.0. The summed E-state index contributed by atoms with van der Waals surface area (Å²) in [5.41, 5.74) is 0.916. The van der Waals surface area contributed by atoms with Crippen molar-refractivity contribution in [2.75, 3.05) is 6.61 Å². The van der Waals surface area contributed by atoms with Crippen molar-refractivity contribution in [3.05, 3.63) is 23.2 Å². The van der Waals surface area contributed by atoms with Gasteiger partial charge in [-0.15, -0.1) is 11.3 Å². The monoisotopic (exact) mass is 223 g/mol. The second-order valence-electron chi connectivity index (χ2n) is 3.29. The Balaban J connectivity index is 2.43. The highest BCUT2D eigenvalue weighted by atomic mass is 32.1. The molecule has 0 spiro atoms. The molecule has 0 aliphatic heterocycles. The van der Waals surface area contributed by atoms with Gasteiger partial charge >= 0.3 is 0 Å². The summed E-state index contributed by atoms with van der Waals surface area (Å²) in [6, 6.07) is 5.78. The molecule has 0 saturated carbocycles. The molecule has 4 heteroatoms. The highest BCUT2D eigenvalue weighted by Crippen LogP contribution is 2.29. The molecule has 1 unspecified atom stereocenters. The average Bonchev–Trinajstić information content (AvgIpc) is 2.61. The highest BCUT2D eigenvalue weighted by molar-refractivity contribution is 7.18. The first kappa shape index (κ1) is 10.4. The molecule has 80 valence electrons. The lowest BCUT2D eigenvalue weighted by molar-refractivity contribution is 0.199. The van der Waals surface area contributed by atoms with Crippen LogP contribution >= 0.6 is 11.3 Å². The Labute approximate surface area is 92.3 Å². The molecule has 1 atom stereocenters. The number of hydrogen-bond donors (Lipinski definition) is 1. The lowest BCUT2D eigenvalue weighted by Gasteiger charge is -2.00. The van der Waals surface area contributed by atoms with Crippen LogP contribution < -0.4 is 4.74 Å². The van der Waals surface area contributed by atoms with E-state index in [-0.39, 0.29) is 0 Å². The Morgan fingerprint density at radius 3 is 3.00 bits per heavy atom. The minimum Gasteiger partial charge on any atom is -0.494 e. The molecule has 15 heavy (non-hydrogen) atoms. The van der Waals surface area contributed by atoms with Crippen molar-refractivity contribution >= 4 is 21.6 Å². The number of nitrogens with zero attached hydrogens (tertiary/aromatic N) is 1. The Bertz CT molecular complexity index is 465. The van der Waals surface area contributed by atoms with Crippen LogP contribution in [-0.4, -0.2) is 16.7 Å². The van der Waals surface area contributed by atoms with Gasteiger partial charge in [-0.25, -0.2) is 4.98 Å². The molecular formula is C11H13NO2S. The number of rotatable bonds is 3. The third-order valence-electron chi connectivity index (χ3n) is 2.04. The van der Waals surface area contributed by atoms with E-state index in [1.165, 1.54) is 11.3 Å². The maximum atomic E-state index is 9.41. The van der Waals surface area contributed by atoms with Crippen LogP contribution in [0.3, 0.4) is 0 Å². The number of fused-ring (bicyclic) bond motifs is 1. The van der Waals surface area contributed by atoms with Crippen molar-refractivity contribution in [2.24, 2.45) is 0 Å². The second kappa shape index (κ2) is 4.16. The summed E-state index contributed by atoms with van der Waals surface area (Å²) in [4.78, 5) is 4.33. The van der Waals surface area contributed by atoms with Crippen LogP contribution in [0.25, 0.3) is 10.2 Å². The largest absolute Gasteiger partial charge is 0.494 e. The first-order chi connectivity index (χ1) is 7.20. The van der Waals surface area contributed by atoms with Crippen LogP contribution in [0.2, 0.25) is 0 Å². The number of ether oxygens (including phenoxy) is 1. The van der Waals surface area contributed by atoms with E-state index in [0.717, 1.165) is 21.0 Å². The number of hydrogen-bond acceptors (Lipinski definition) is 4. The quantitative estimate of drug-likeness (QED) is 0.870. The van der Waals surface area contributed by atoms with Gasteiger partial charge in [0, 0.05) is 0 Å². The Morgan fingerprint density at radius 2 is 2.33 bits per heavy atom. The third-order valence-corrected chi connectivity index (χ3v) is 3.23. The number of benzene rings is 1. The van der Waals surface area contributed by atoms with E-state index < -0.39 is 6.10 Å². The number of thiazole rings is 1. The van der Waals surface area contributed by atoms with E-state index in [4.69, 9.17) is 4.74 Å². The minimum absolute atomic E-state index is 0.502. The van der Waals surface area contributed by atoms with E-state index in [1.807, 2.05) is 25.1 Å². The molecule has 0 saturated heterocycles. The van der Waals surface area contributed by atoms with Crippen LogP contribution in [0.1, 0.15) is 25.0 Å². The van der Waals surface area contributed by atoms with Gasteiger partial charge in [0.2, 0.25) is 0 Å². The number of aromatic nitrogens is 1. The fourth-order valence-corrected chi connectivity index (χ4v) is 2.29. The Kier molecular flexibility index (Phi) is 2.88. The van der Waals surface area contributed by atoms with Crippen molar-refractivity contribution in [2.45, 2.75) is 20.0 Å². The smallest absolute Gasteiger partial charge is 0.122 e. The lowest BCUT2D eigenvalue weighted by Crippen LogP contribution is -1.90. The van der Waals surface area contributed by atoms with Gasteiger partial charge in [0.15, 0.2) is 0 Å². The summed E-state index contributed by atoms with van der Waals surface area (Å²) in [7, 11) is 0. The fraction of sp³-hybridized carbons (Fsp3) is 0.364. The highest BCUT2D eigenvalue weighted by Gasteiger charge is 2.08. The van der Waals surface area contributed by atoms with Gasteiger partial charge in [0.1, 0.15) is 16.9 Å². The van der Waals surface area contributed by atoms with Gasteiger partial charge in [-0.2, -0.15) is 0 Å². The standard InChI is InChI=1S/C11H13NO2S/c1-3-14-8-4-5-9-10(6-8)15-11(12-9)7(2)13/h4-7,13H,3H2,1-2H3. The molecule has 0 bridgehead atoms. The van der Waals surface area contributed by atoms with Crippen LogP contribution in [0.4, 0.5) is 0 Å². The molecule has 1 N–H and O–H groups in total. The SMILES string of the molecule is CCOc1ccc2nc(C(C)O)sc2c1. The summed E-state index contributed by atoms with van der Waals surface area (Å²) in [6.45, 7) is 4.34. The molecule has 2 rings (SSSR count). The van der Waals surface area contributed by atoms with Gasteiger partial charge in [0.25, 0.3) is 0 Å². The van der Waals surface area contributed by atoms with Crippen molar-refractivity contribution in [1.82, 2.24) is 4.98 Å². The molecule has 0 aliphatic rings. The summed E-state index contributed by atoms with van der Waals surface area (Å²) >= 11 is 1.50. The zero-order chi connectivity index (χ0) is 10.8. The van der Waals surface area contributed by atoms with Crippen molar-refractivity contribution in [3.63, 3.8) is 0 Å². The van der Waals surface area contributed by atoms with Crippen molar-refractivity contribution < 1.29 is 9.84 Å². The molecule has 0 aliphatic carbocycles. The van der Waals surface area contributed by atoms with Crippen LogP contribution in [0.15, 0.2) is 18.2 Å². The molecule has 0 radical (unpaired) electrons. The van der Waals surface area contributed by atoms with Crippen LogP contribution in [0.5, 0.6) is 5.75 Å². The zero-order valence-electron chi connectivity index (χ0n) is 8.73. The number of aliphatic hydroxyl groups is 1. The van der Waals surface area contributed by atoms with Gasteiger partial charge in [0.05, 0.1) is 16.8 Å². The average molecular weight is 223 g/mol. The summed E-state index contributed by atoms with van der Waals surface area (Å²) in [6.07, 6.45) is -0.502. The Hall–Kier alpha value is -1.13. The summed E-state index contributed by atoms with van der Waals surface area (Å²) < 4.78 is 6.45. The molecular weight excluding hydrogens is 210 g/mol. The van der Waals surface area contributed by atoms with Gasteiger partial charge in [-0.05, 0) is 32.0 Å². The summed E-state index contributed by atoms with van der Waals surface area (Å²) in [5.74, 6) is 0.853. The van der Waals surface area contributed by atoms with Crippen LogP contribution in [0, 0.1) is 0 Å².